The maximum Gasteiger partial charge on any atom is 0.469 e. The first-order valence-electron chi connectivity index (χ1n) is 13.5. The van der Waals surface area contributed by atoms with Crippen molar-refractivity contribution < 1.29 is 50.4 Å². The van der Waals surface area contributed by atoms with E-state index in [1.165, 1.54) is 12.1 Å². The number of amides is 2. The Kier molecular flexibility index (Phi) is 10.9. The summed E-state index contributed by atoms with van der Waals surface area (Å²) in [5.41, 5.74) is -0.144. The van der Waals surface area contributed by atoms with Crippen LogP contribution in [-0.2, 0) is 20.4 Å². The molecule has 0 radical (unpaired) electrons. The van der Waals surface area contributed by atoms with Crippen LogP contribution in [0.4, 0.5) is 33.3 Å². The van der Waals surface area contributed by atoms with E-state index in [1.54, 1.807) is 11.0 Å². The van der Waals surface area contributed by atoms with Gasteiger partial charge in [0, 0.05) is 56.4 Å². The number of hydrogen-bond donors (Lipinski definition) is 5. The topological polar surface area (TPSA) is 143 Å². The van der Waals surface area contributed by atoms with Crippen LogP contribution in [0, 0.1) is 11.6 Å². The molecule has 2 aliphatic heterocycles. The van der Waals surface area contributed by atoms with Crippen molar-refractivity contribution in [1.29, 1.82) is 0 Å². The quantitative estimate of drug-likeness (QED) is 0.190. The molecule has 11 nitrogen and oxygen atoms in total. The molecule has 4 rings (SSSR count). The van der Waals surface area contributed by atoms with E-state index in [0.717, 1.165) is 12.1 Å². The molecule has 5 N–H and O–H groups in total. The Labute approximate surface area is 253 Å². The van der Waals surface area contributed by atoms with Crippen molar-refractivity contribution in [3.63, 3.8) is 0 Å². The van der Waals surface area contributed by atoms with E-state index in [2.05, 4.69) is 20.5 Å². The summed E-state index contributed by atoms with van der Waals surface area (Å²) in [6.07, 6.45) is -6.14. The van der Waals surface area contributed by atoms with Gasteiger partial charge < -0.3 is 30.6 Å². The van der Waals surface area contributed by atoms with Crippen LogP contribution >= 0.6 is 19.4 Å². The number of halogens is 6. The highest BCUT2D eigenvalue weighted by molar-refractivity contribution is 7.46. The third-order valence-corrected chi connectivity index (χ3v) is 7.99. The summed E-state index contributed by atoms with van der Waals surface area (Å²) >= 11 is 6.15. The summed E-state index contributed by atoms with van der Waals surface area (Å²) in [4.78, 5) is 46.7. The SMILES string of the molecule is O=C(Nc1ccc(Cl)cc1N1CCN(CCC(F)(F)F)CC1)c1ccc(CNC(=O)C2CC(OP(=O)(O)O)CN2)c(F)c1F. The average Bonchev–Trinajstić information content (AvgIpc) is 3.40. The minimum Gasteiger partial charge on any atom is -0.367 e. The van der Waals surface area contributed by atoms with Crippen molar-refractivity contribution in [3.05, 3.63) is 58.1 Å². The average molecular weight is 670 g/mol. The van der Waals surface area contributed by atoms with E-state index < -0.39 is 68.1 Å². The number of piperazine rings is 1. The normalized spacial score (nSPS) is 19.7. The lowest BCUT2D eigenvalue weighted by molar-refractivity contribution is -0.138. The highest BCUT2D eigenvalue weighted by Gasteiger charge is 2.34. The Balaban J connectivity index is 1.37. The number of alkyl halides is 3. The van der Waals surface area contributed by atoms with E-state index in [4.69, 9.17) is 21.4 Å². The number of carbonyl (C=O) groups is 2. The highest BCUT2D eigenvalue weighted by atomic mass is 35.5. The second kappa shape index (κ2) is 14.1. The molecule has 0 aromatic heterocycles. The van der Waals surface area contributed by atoms with Crippen LogP contribution < -0.4 is 20.9 Å². The maximum atomic E-state index is 15.0. The van der Waals surface area contributed by atoms with Crippen LogP contribution in [0.3, 0.4) is 0 Å². The number of nitrogens with one attached hydrogen (secondary N) is 3. The van der Waals surface area contributed by atoms with E-state index in [0.29, 0.717) is 36.9 Å². The lowest BCUT2D eigenvalue weighted by Crippen LogP contribution is -2.47. The number of nitrogens with zero attached hydrogens (tertiary/aromatic N) is 2. The minimum atomic E-state index is -4.74. The Morgan fingerprint density at radius 1 is 1.09 bits per heavy atom. The first kappa shape index (κ1) is 34.0. The van der Waals surface area contributed by atoms with Crippen LogP contribution in [-0.4, -0.2) is 84.1 Å². The maximum absolute atomic E-state index is 15.0. The Morgan fingerprint density at radius 2 is 1.80 bits per heavy atom. The van der Waals surface area contributed by atoms with Gasteiger partial charge in [-0.3, -0.25) is 19.0 Å². The molecule has 44 heavy (non-hydrogen) atoms. The van der Waals surface area contributed by atoms with Gasteiger partial charge in [-0.1, -0.05) is 17.7 Å². The number of benzene rings is 2. The Hall–Kier alpha value is -2.85. The first-order chi connectivity index (χ1) is 20.6. The zero-order chi connectivity index (χ0) is 32.2. The molecule has 2 saturated heterocycles. The summed E-state index contributed by atoms with van der Waals surface area (Å²) in [5, 5.41) is 8.02. The summed E-state index contributed by atoms with van der Waals surface area (Å²) in [6.45, 7) is 0.813. The van der Waals surface area contributed by atoms with Gasteiger partial charge in [0.15, 0.2) is 11.6 Å². The van der Waals surface area contributed by atoms with Crippen LogP contribution in [0.5, 0.6) is 0 Å². The van der Waals surface area contributed by atoms with Crippen molar-refractivity contribution in [3.8, 4) is 0 Å². The molecule has 0 bridgehead atoms. The van der Waals surface area contributed by atoms with E-state index in [1.807, 2.05) is 4.90 Å². The molecule has 18 heteroatoms. The zero-order valence-electron chi connectivity index (χ0n) is 23.0. The van der Waals surface area contributed by atoms with Crippen molar-refractivity contribution in [2.45, 2.75) is 37.7 Å². The van der Waals surface area contributed by atoms with Gasteiger partial charge in [0.05, 0.1) is 35.5 Å². The highest BCUT2D eigenvalue weighted by Crippen LogP contribution is 2.39. The molecule has 0 aliphatic carbocycles. The number of carbonyl (C=O) groups excluding carboxylic acids is 2. The van der Waals surface area contributed by atoms with Crippen LogP contribution in [0.2, 0.25) is 5.02 Å². The number of hydrogen-bond acceptors (Lipinski definition) is 7. The van der Waals surface area contributed by atoms with Crippen molar-refractivity contribution in [2.75, 3.05) is 49.5 Å². The van der Waals surface area contributed by atoms with Crippen LogP contribution in [0.25, 0.3) is 0 Å². The van der Waals surface area contributed by atoms with Gasteiger partial charge in [-0.2, -0.15) is 13.2 Å². The molecule has 0 saturated carbocycles. The van der Waals surface area contributed by atoms with Crippen LogP contribution in [0.15, 0.2) is 30.3 Å². The van der Waals surface area contributed by atoms with Gasteiger partial charge in [0.2, 0.25) is 5.91 Å². The first-order valence-corrected chi connectivity index (χ1v) is 15.4. The molecular weight excluding hydrogens is 640 g/mol. The van der Waals surface area contributed by atoms with Gasteiger partial charge >= 0.3 is 14.0 Å². The second-order valence-corrected chi connectivity index (χ2v) is 12.0. The molecule has 2 heterocycles. The lowest BCUT2D eigenvalue weighted by Gasteiger charge is -2.37. The monoisotopic (exact) mass is 669 g/mol. The van der Waals surface area contributed by atoms with E-state index >= 15 is 0 Å². The van der Waals surface area contributed by atoms with Gasteiger partial charge in [0.25, 0.3) is 5.91 Å². The van der Waals surface area contributed by atoms with Crippen molar-refractivity contribution in [2.24, 2.45) is 0 Å². The minimum absolute atomic E-state index is 0.00346. The molecule has 2 atom stereocenters. The van der Waals surface area contributed by atoms with Gasteiger partial charge in [-0.05, 0) is 30.7 Å². The van der Waals surface area contributed by atoms with Gasteiger partial charge in [-0.15, -0.1) is 0 Å². The summed E-state index contributed by atoms with van der Waals surface area (Å²) in [7, 11) is -4.74. The standard InChI is InChI=1S/C26H30ClF5N5O6P/c27-16-2-4-19(21(11-16)37-9-7-36(8-10-37)6-5-26(30,31)32)35-24(38)18-3-1-15(22(28)23(18)29)13-34-25(39)20-12-17(14-33-20)43-44(40,41)42/h1-4,11,17,20,33H,5-10,12-14H2,(H,34,39)(H,35,38)(H2,40,41,42). The summed E-state index contributed by atoms with van der Waals surface area (Å²) < 4.78 is 83.2. The molecule has 242 valence electrons. The van der Waals surface area contributed by atoms with Crippen molar-refractivity contribution >= 4 is 42.6 Å². The second-order valence-electron chi connectivity index (χ2n) is 10.3. The largest absolute Gasteiger partial charge is 0.469 e. The number of phosphoric acid groups is 1. The number of rotatable bonds is 10. The Morgan fingerprint density at radius 3 is 2.45 bits per heavy atom. The molecule has 2 aliphatic rings. The number of phosphoric ester groups is 1. The van der Waals surface area contributed by atoms with E-state index in [-0.39, 0.29) is 30.8 Å². The smallest absolute Gasteiger partial charge is 0.367 e. The predicted molar refractivity (Wildman–Crippen MR) is 150 cm³/mol. The molecule has 0 spiro atoms. The summed E-state index contributed by atoms with van der Waals surface area (Å²) in [5.74, 6) is -4.39. The fraction of sp³-hybridized carbons (Fsp3) is 0.462. The molecule has 2 aromatic carbocycles. The lowest BCUT2D eigenvalue weighted by atomic mass is 10.1. The van der Waals surface area contributed by atoms with Gasteiger partial charge in [0.1, 0.15) is 0 Å². The third kappa shape index (κ3) is 9.33. The predicted octanol–water partition coefficient (Wildman–Crippen LogP) is 3.40. The van der Waals surface area contributed by atoms with E-state index in [9.17, 15) is 36.1 Å². The Bertz CT molecular complexity index is 1420. The number of anilines is 2. The van der Waals surface area contributed by atoms with Gasteiger partial charge in [-0.25, -0.2) is 13.3 Å². The third-order valence-electron chi connectivity index (χ3n) is 7.19. The zero-order valence-corrected chi connectivity index (χ0v) is 24.7. The summed E-state index contributed by atoms with van der Waals surface area (Å²) in [6, 6.07) is 5.85. The molecular formula is C26H30ClF5N5O6P. The van der Waals surface area contributed by atoms with Crippen molar-refractivity contribution in [1.82, 2.24) is 15.5 Å². The molecule has 2 amide bonds. The molecule has 2 aromatic rings. The fourth-order valence-corrected chi connectivity index (χ4v) is 5.66. The molecule has 2 unspecified atom stereocenters. The van der Waals surface area contributed by atoms with Crippen LogP contribution in [0.1, 0.15) is 28.8 Å². The fourth-order valence-electron chi connectivity index (χ4n) is 4.94. The molecule has 2 fully saturated rings.